The third kappa shape index (κ3) is 2.63. The van der Waals surface area contributed by atoms with Crippen molar-refractivity contribution in [3.8, 4) is 0 Å². The summed E-state index contributed by atoms with van der Waals surface area (Å²) in [6.45, 7) is 3.92. The van der Waals surface area contributed by atoms with E-state index >= 15 is 0 Å². The Labute approximate surface area is 112 Å². The molecule has 3 rings (SSSR count). The summed E-state index contributed by atoms with van der Waals surface area (Å²) in [7, 11) is 0. The first-order valence-electron chi connectivity index (χ1n) is 7.07. The molecule has 1 aromatic rings. The normalized spacial score (nSPS) is 27.8. The number of hydrogen-bond acceptors (Lipinski definition) is 5. The highest BCUT2D eigenvalue weighted by Crippen LogP contribution is 2.26. The van der Waals surface area contributed by atoms with Crippen LogP contribution in [0.3, 0.4) is 0 Å². The highest BCUT2D eigenvalue weighted by Gasteiger charge is 2.27. The SMILES string of the molecule is CC1CCCCC1OC(=O)c1cn(C2CNC2)nn1. The molecular formula is C13H20N4O2. The fourth-order valence-electron chi connectivity index (χ4n) is 2.66. The van der Waals surface area contributed by atoms with Crippen LogP contribution in [-0.4, -0.2) is 40.2 Å². The number of ether oxygens (including phenoxy) is 1. The van der Waals surface area contributed by atoms with Crippen molar-refractivity contribution in [2.75, 3.05) is 13.1 Å². The van der Waals surface area contributed by atoms with Gasteiger partial charge in [-0.1, -0.05) is 18.6 Å². The van der Waals surface area contributed by atoms with Crippen molar-refractivity contribution in [3.05, 3.63) is 11.9 Å². The smallest absolute Gasteiger partial charge is 0.360 e. The van der Waals surface area contributed by atoms with Crippen molar-refractivity contribution in [1.29, 1.82) is 0 Å². The van der Waals surface area contributed by atoms with E-state index in [1.54, 1.807) is 10.9 Å². The van der Waals surface area contributed by atoms with Gasteiger partial charge in [-0.2, -0.15) is 0 Å². The van der Waals surface area contributed by atoms with E-state index in [0.29, 0.717) is 17.7 Å². The largest absolute Gasteiger partial charge is 0.457 e. The monoisotopic (exact) mass is 264 g/mol. The van der Waals surface area contributed by atoms with Gasteiger partial charge in [0, 0.05) is 13.1 Å². The van der Waals surface area contributed by atoms with Gasteiger partial charge in [-0.15, -0.1) is 5.10 Å². The topological polar surface area (TPSA) is 69.0 Å². The molecule has 0 amide bonds. The molecule has 2 heterocycles. The summed E-state index contributed by atoms with van der Waals surface area (Å²) in [6, 6.07) is 0.322. The van der Waals surface area contributed by atoms with E-state index in [-0.39, 0.29) is 12.1 Å². The highest BCUT2D eigenvalue weighted by molar-refractivity contribution is 5.86. The predicted octanol–water partition coefficient (Wildman–Crippen LogP) is 1.16. The van der Waals surface area contributed by atoms with E-state index in [4.69, 9.17) is 4.74 Å². The van der Waals surface area contributed by atoms with Gasteiger partial charge in [0.25, 0.3) is 0 Å². The molecule has 0 radical (unpaired) electrons. The number of nitrogens with zero attached hydrogens (tertiary/aromatic N) is 3. The average Bonchev–Trinajstić information content (AvgIpc) is 2.79. The molecule has 0 spiro atoms. The summed E-state index contributed by atoms with van der Waals surface area (Å²) >= 11 is 0. The summed E-state index contributed by atoms with van der Waals surface area (Å²) in [5.41, 5.74) is 0.324. The molecule has 2 unspecified atom stereocenters. The van der Waals surface area contributed by atoms with E-state index in [1.807, 2.05) is 0 Å². The van der Waals surface area contributed by atoms with Gasteiger partial charge in [0.15, 0.2) is 5.69 Å². The number of carbonyl (C=O) groups excluding carboxylic acids is 1. The molecule has 2 fully saturated rings. The van der Waals surface area contributed by atoms with Crippen molar-refractivity contribution in [1.82, 2.24) is 20.3 Å². The molecule has 6 nitrogen and oxygen atoms in total. The minimum Gasteiger partial charge on any atom is -0.457 e. The first-order valence-corrected chi connectivity index (χ1v) is 7.07. The number of esters is 1. The van der Waals surface area contributed by atoms with Gasteiger partial charge >= 0.3 is 5.97 Å². The maximum absolute atomic E-state index is 12.0. The van der Waals surface area contributed by atoms with Gasteiger partial charge < -0.3 is 10.1 Å². The molecule has 104 valence electrons. The second-order valence-electron chi connectivity index (χ2n) is 5.60. The minimum atomic E-state index is -0.336. The van der Waals surface area contributed by atoms with Crippen LogP contribution in [0.2, 0.25) is 0 Å². The fraction of sp³-hybridized carbons (Fsp3) is 0.769. The van der Waals surface area contributed by atoms with Gasteiger partial charge in [0.05, 0.1) is 12.2 Å². The molecule has 2 atom stereocenters. The van der Waals surface area contributed by atoms with E-state index < -0.39 is 0 Å². The summed E-state index contributed by atoms with van der Waals surface area (Å²) in [6.07, 6.45) is 6.22. The third-order valence-electron chi connectivity index (χ3n) is 4.14. The van der Waals surface area contributed by atoms with Crippen molar-refractivity contribution in [3.63, 3.8) is 0 Å². The Kier molecular flexibility index (Phi) is 3.50. The molecule has 1 saturated carbocycles. The Bertz CT molecular complexity index is 455. The van der Waals surface area contributed by atoms with E-state index in [2.05, 4.69) is 22.6 Å². The molecule has 0 aromatic carbocycles. The van der Waals surface area contributed by atoms with Crippen LogP contribution in [0.4, 0.5) is 0 Å². The molecular weight excluding hydrogens is 244 g/mol. The maximum atomic E-state index is 12.0. The van der Waals surface area contributed by atoms with Crippen LogP contribution in [0.1, 0.15) is 49.1 Å². The molecule has 1 aliphatic carbocycles. The lowest BCUT2D eigenvalue weighted by Crippen LogP contribution is -2.43. The summed E-state index contributed by atoms with van der Waals surface area (Å²) < 4.78 is 7.31. The predicted molar refractivity (Wildman–Crippen MR) is 68.8 cm³/mol. The summed E-state index contributed by atoms with van der Waals surface area (Å²) in [5.74, 6) is 0.112. The van der Waals surface area contributed by atoms with Gasteiger partial charge in [-0.05, 0) is 25.2 Å². The standard InChI is InChI=1S/C13H20N4O2/c1-9-4-2-3-5-12(9)19-13(18)11-8-17(16-15-11)10-6-14-7-10/h8-10,12,14H,2-7H2,1H3. The van der Waals surface area contributed by atoms with Crippen LogP contribution >= 0.6 is 0 Å². The number of carbonyl (C=O) groups is 1. The lowest BCUT2D eigenvalue weighted by molar-refractivity contribution is 0.00418. The van der Waals surface area contributed by atoms with Crippen molar-refractivity contribution >= 4 is 5.97 Å². The van der Waals surface area contributed by atoms with Crippen molar-refractivity contribution < 1.29 is 9.53 Å². The van der Waals surface area contributed by atoms with E-state index in [9.17, 15) is 4.79 Å². The molecule has 6 heteroatoms. The average molecular weight is 264 g/mol. The molecule has 1 N–H and O–H groups in total. The second kappa shape index (κ2) is 5.28. The Hall–Kier alpha value is -1.43. The number of aromatic nitrogens is 3. The summed E-state index contributed by atoms with van der Waals surface area (Å²) in [5, 5.41) is 11.1. The Balaban J connectivity index is 1.61. The van der Waals surface area contributed by atoms with Crippen molar-refractivity contribution in [2.45, 2.75) is 44.8 Å². The van der Waals surface area contributed by atoms with Crippen LogP contribution in [-0.2, 0) is 4.74 Å². The zero-order valence-corrected chi connectivity index (χ0v) is 11.2. The highest BCUT2D eigenvalue weighted by atomic mass is 16.5. The maximum Gasteiger partial charge on any atom is 0.360 e. The number of rotatable bonds is 3. The van der Waals surface area contributed by atoms with Crippen LogP contribution in [0, 0.1) is 5.92 Å². The molecule has 1 saturated heterocycles. The Morgan fingerprint density at radius 1 is 1.42 bits per heavy atom. The first-order chi connectivity index (χ1) is 9.24. The third-order valence-corrected chi connectivity index (χ3v) is 4.14. The second-order valence-corrected chi connectivity index (χ2v) is 5.60. The van der Waals surface area contributed by atoms with Gasteiger partial charge in [0.2, 0.25) is 0 Å². The lowest BCUT2D eigenvalue weighted by Gasteiger charge is -2.28. The Morgan fingerprint density at radius 3 is 2.89 bits per heavy atom. The van der Waals surface area contributed by atoms with Crippen molar-refractivity contribution in [2.24, 2.45) is 5.92 Å². The van der Waals surface area contributed by atoms with Crippen LogP contribution in [0.5, 0.6) is 0 Å². The molecule has 0 bridgehead atoms. The summed E-state index contributed by atoms with van der Waals surface area (Å²) in [4.78, 5) is 12.0. The lowest BCUT2D eigenvalue weighted by atomic mass is 9.88. The zero-order chi connectivity index (χ0) is 13.2. The minimum absolute atomic E-state index is 0.0387. The Morgan fingerprint density at radius 2 is 2.21 bits per heavy atom. The van der Waals surface area contributed by atoms with Crippen LogP contribution in [0.15, 0.2) is 6.20 Å². The quantitative estimate of drug-likeness (QED) is 0.830. The fourth-order valence-corrected chi connectivity index (χ4v) is 2.66. The molecule has 19 heavy (non-hydrogen) atoms. The first kappa shape index (κ1) is 12.6. The number of nitrogens with one attached hydrogen (secondary N) is 1. The van der Waals surface area contributed by atoms with Gasteiger partial charge in [0.1, 0.15) is 6.10 Å². The zero-order valence-electron chi connectivity index (χ0n) is 11.2. The van der Waals surface area contributed by atoms with Gasteiger partial charge in [-0.25, -0.2) is 9.48 Å². The van der Waals surface area contributed by atoms with Crippen LogP contribution in [0.25, 0.3) is 0 Å². The van der Waals surface area contributed by atoms with Gasteiger partial charge in [-0.3, -0.25) is 0 Å². The number of hydrogen-bond donors (Lipinski definition) is 1. The van der Waals surface area contributed by atoms with E-state index in [0.717, 1.165) is 32.4 Å². The molecule has 1 aliphatic heterocycles. The molecule has 2 aliphatic rings. The van der Waals surface area contributed by atoms with E-state index in [1.165, 1.54) is 6.42 Å². The molecule has 1 aromatic heterocycles. The van der Waals surface area contributed by atoms with Crippen LogP contribution < -0.4 is 5.32 Å².